The van der Waals surface area contributed by atoms with Crippen molar-refractivity contribution in [3.8, 4) is 33.8 Å². The molecule has 0 bridgehead atoms. The second kappa shape index (κ2) is 13.6. The van der Waals surface area contributed by atoms with Gasteiger partial charge in [0, 0.05) is 60.7 Å². The monoisotopic (exact) mass is 753 g/mol. The number of rotatable bonds is 6. The summed E-state index contributed by atoms with van der Waals surface area (Å²) in [4.78, 5) is 14.6. The van der Waals surface area contributed by atoms with Crippen LogP contribution >= 0.6 is 0 Å². The Bertz CT molecular complexity index is 4710. The summed E-state index contributed by atoms with van der Waals surface area (Å²) in [5.74, 6) is 0. The Morgan fingerprint density at radius 1 is 0.368 bits per heavy atom. The van der Waals surface area contributed by atoms with Gasteiger partial charge in [0.25, 0.3) is 0 Å². The second-order valence-corrected chi connectivity index (χ2v) is 12.4. The van der Waals surface area contributed by atoms with Crippen molar-refractivity contribution in [1.82, 2.24) is 15.0 Å². The van der Waals surface area contributed by atoms with Crippen LogP contribution in [0.5, 0.6) is 0 Å². The molecule has 0 N–H and O–H groups in total. The highest BCUT2D eigenvalue weighted by molar-refractivity contribution is 6.24. The topological polar surface area (TPSA) is 41.9 Å². The maximum Gasteiger partial charge on any atom is 0.0972 e. The maximum atomic E-state index is 9.82. The summed E-state index contributed by atoms with van der Waals surface area (Å²) >= 11 is 0. The Morgan fingerprint density at radius 2 is 0.982 bits per heavy atom. The molecule has 0 fully saturated rings. The average Bonchev–Trinajstić information content (AvgIpc) is 0.827. The van der Waals surface area contributed by atoms with Crippen LogP contribution < -0.4 is 4.90 Å². The van der Waals surface area contributed by atoms with E-state index in [0.29, 0.717) is 15.7 Å². The molecule has 0 aliphatic heterocycles. The van der Waals surface area contributed by atoms with Gasteiger partial charge >= 0.3 is 0 Å². The number of pyridine rings is 3. The fourth-order valence-corrected chi connectivity index (χ4v) is 6.63. The molecule has 3 aromatic heterocycles. The Labute approximate surface area is 367 Å². The van der Waals surface area contributed by atoms with E-state index >= 15 is 0 Å². The van der Waals surface area contributed by atoms with Gasteiger partial charge in [0.1, 0.15) is 0 Å². The number of hydrogen-bond donors (Lipinski definition) is 0. The largest absolute Gasteiger partial charge is 0.311 e. The van der Waals surface area contributed by atoms with Gasteiger partial charge in [0.05, 0.1) is 70.6 Å². The lowest BCUT2D eigenvalue weighted by Gasteiger charge is -2.25. The molecular formula is C53H34N4. The molecule has 0 radical (unpaired) electrons. The van der Waals surface area contributed by atoms with Crippen molar-refractivity contribution >= 4 is 71.3 Å². The van der Waals surface area contributed by atoms with E-state index in [1.54, 1.807) is 18.2 Å². The van der Waals surface area contributed by atoms with Crippen molar-refractivity contribution in [3.05, 3.63) is 206 Å². The minimum Gasteiger partial charge on any atom is -0.311 e. The van der Waals surface area contributed by atoms with E-state index in [4.69, 9.17) is 33.3 Å². The van der Waals surface area contributed by atoms with Crippen LogP contribution in [-0.4, -0.2) is 15.0 Å². The van der Waals surface area contributed by atoms with E-state index in [0.717, 1.165) is 12.1 Å². The predicted octanol–water partition coefficient (Wildman–Crippen LogP) is 14.1. The molecule has 0 unspecified atom stereocenters. The molecule has 57 heavy (non-hydrogen) atoms. The van der Waals surface area contributed by atoms with E-state index in [1.165, 1.54) is 12.1 Å². The maximum absolute atomic E-state index is 9.82. The number of benzene rings is 8. The summed E-state index contributed by atoms with van der Waals surface area (Å²) in [5.41, 5.74) is -5.32. The Morgan fingerprint density at radius 3 is 1.72 bits per heavy atom. The highest BCUT2D eigenvalue weighted by atomic mass is 15.1. The molecule has 0 spiro atoms. The second-order valence-electron chi connectivity index (χ2n) is 12.4. The zero-order valence-corrected chi connectivity index (χ0v) is 28.8. The Hall–Kier alpha value is -7.69. The van der Waals surface area contributed by atoms with Crippen LogP contribution in [0, 0.1) is 0 Å². The predicted molar refractivity (Wildman–Crippen MR) is 238 cm³/mol. The molecule has 0 aliphatic rings. The van der Waals surface area contributed by atoms with Gasteiger partial charge in [-0.15, -0.1) is 0 Å². The number of para-hydroxylation sites is 3. The smallest absolute Gasteiger partial charge is 0.0972 e. The highest BCUT2D eigenvalue weighted by Gasteiger charge is 2.18. The van der Waals surface area contributed by atoms with E-state index in [2.05, 4.69) is 4.98 Å². The zero-order valence-electron chi connectivity index (χ0n) is 55.8. The Kier molecular flexibility index (Phi) is 3.67. The molecule has 8 aromatic carbocycles. The van der Waals surface area contributed by atoms with Gasteiger partial charge in [-0.1, -0.05) is 151 Å². The van der Waals surface area contributed by atoms with Crippen LogP contribution in [0.2, 0.25) is 0 Å². The molecule has 11 rings (SSSR count). The van der Waals surface area contributed by atoms with Gasteiger partial charge in [-0.2, -0.15) is 0 Å². The SMILES string of the molecule is [2H]c1cc2ccc3ccc(-c4c([2H])c([2H])c([2H])c([2H])c4[2H])nc3c2nc1-c1c([2H])c([2H])cc2c1c([2H])c([2H])c1c(-c3c([2H])c([2H])c(N(c4c([2H])c([2H])c([2H])c([2H])c4[2H])c4c([2H])c([2H])c([2H])c([2H])c4[2H])c([2H])c3[2H])nc3cc([2H])c([2H])c([2H])c3c12. The normalized spacial score (nSPS) is 18.1. The van der Waals surface area contributed by atoms with Crippen molar-refractivity contribution in [1.29, 1.82) is 0 Å². The first-order valence-electron chi connectivity index (χ1n) is 30.6. The van der Waals surface area contributed by atoms with Crippen molar-refractivity contribution in [3.63, 3.8) is 0 Å². The highest BCUT2D eigenvalue weighted by Crippen LogP contribution is 2.41. The van der Waals surface area contributed by atoms with E-state index in [-0.39, 0.29) is 66.7 Å². The summed E-state index contributed by atoms with van der Waals surface area (Å²) in [6.07, 6.45) is 0. The van der Waals surface area contributed by atoms with Crippen LogP contribution in [0.3, 0.4) is 0 Å². The first kappa shape index (κ1) is 15.4. The van der Waals surface area contributed by atoms with Crippen LogP contribution in [0.25, 0.3) is 88.0 Å². The fourth-order valence-electron chi connectivity index (χ4n) is 6.63. The van der Waals surface area contributed by atoms with Crippen molar-refractivity contribution in [2.24, 2.45) is 0 Å². The fraction of sp³-hybridized carbons (Fsp3) is 0. The summed E-state index contributed by atoms with van der Waals surface area (Å²) in [6.45, 7) is 0. The van der Waals surface area contributed by atoms with Gasteiger partial charge in [0.2, 0.25) is 0 Å². The quantitative estimate of drug-likeness (QED) is 0.159. The molecule has 0 amide bonds. The third-order valence-corrected chi connectivity index (χ3v) is 9.15. The molecule has 3 heterocycles. The molecule has 0 atom stereocenters. The molecular weight excluding hydrogens is 693 g/mol. The zero-order chi connectivity index (χ0) is 61.2. The van der Waals surface area contributed by atoms with Crippen LogP contribution in [0.4, 0.5) is 17.1 Å². The van der Waals surface area contributed by atoms with Crippen molar-refractivity contribution in [2.45, 2.75) is 0 Å². The average molecular weight is 754 g/mol. The van der Waals surface area contributed by atoms with E-state index < -0.39 is 191 Å². The lowest BCUT2D eigenvalue weighted by Crippen LogP contribution is -2.09. The van der Waals surface area contributed by atoms with Crippen LogP contribution in [0.1, 0.15) is 37.0 Å². The number of nitrogens with zero attached hydrogens (tertiary/aromatic N) is 4. The number of hydrogen-bond acceptors (Lipinski definition) is 4. The van der Waals surface area contributed by atoms with Crippen molar-refractivity contribution in [2.75, 3.05) is 4.90 Å². The standard InChI is InChI=1S/C53H34N4/c1-4-13-35(14-5-1)47-33-27-37-23-24-38-28-34-49(56-53(38)52(37)54-47)43-20-12-21-44-42(43)31-32-46-50(44)45-19-10-11-22-48(45)55-51(46)36-25-29-41(30-26-36)57(39-15-6-2-7-16-39)40-17-8-3-9-18-40/h1-34H/i1D,2D,3D,4D,5D,6D,7D,8D,9D,10D,11D,12D,13D,14D,15D,16D,17D,18D,19D,20D,25D,26D,29D,30D,31D,32D,34D. The van der Waals surface area contributed by atoms with Gasteiger partial charge in [-0.25, -0.2) is 15.0 Å². The number of anilines is 3. The molecule has 4 heteroatoms. The van der Waals surface area contributed by atoms with Gasteiger partial charge < -0.3 is 4.90 Å². The van der Waals surface area contributed by atoms with Crippen molar-refractivity contribution < 1.29 is 37.0 Å². The van der Waals surface area contributed by atoms with Crippen LogP contribution in [0.15, 0.2) is 206 Å². The van der Waals surface area contributed by atoms with Gasteiger partial charge in [-0.05, 0) is 65.2 Å². The number of aromatic nitrogens is 3. The lowest BCUT2D eigenvalue weighted by molar-refractivity contribution is 1.28. The Balaban J connectivity index is 1.25. The number of fused-ring (bicyclic) bond motifs is 8. The van der Waals surface area contributed by atoms with Crippen LogP contribution in [-0.2, 0) is 0 Å². The molecule has 0 saturated carbocycles. The third kappa shape index (κ3) is 5.66. The minimum atomic E-state index is -1.12. The summed E-state index contributed by atoms with van der Waals surface area (Å²) in [5, 5.41) is -0.807. The van der Waals surface area contributed by atoms with E-state index in [1.807, 2.05) is 0 Å². The molecule has 4 nitrogen and oxygen atoms in total. The first-order valence-corrected chi connectivity index (χ1v) is 17.1. The molecule has 11 aromatic rings. The lowest BCUT2D eigenvalue weighted by atomic mass is 9.92. The van der Waals surface area contributed by atoms with Gasteiger partial charge in [0.15, 0.2) is 0 Å². The molecule has 0 saturated heterocycles. The third-order valence-electron chi connectivity index (χ3n) is 9.15. The molecule has 266 valence electrons. The minimum absolute atomic E-state index is 0.0345. The summed E-state index contributed by atoms with van der Waals surface area (Å²) < 4.78 is 241. The summed E-state index contributed by atoms with van der Waals surface area (Å²) in [7, 11) is 0. The first-order chi connectivity index (χ1) is 39.5. The molecule has 0 aliphatic carbocycles. The van der Waals surface area contributed by atoms with E-state index in [9.17, 15) is 13.7 Å². The van der Waals surface area contributed by atoms with Gasteiger partial charge in [-0.3, -0.25) is 0 Å². The summed E-state index contributed by atoms with van der Waals surface area (Å²) in [6, 6.07) is -12.4.